The van der Waals surface area contributed by atoms with Crippen molar-refractivity contribution in [2.75, 3.05) is 25.5 Å². The minimum Gasteiger partial charge on any atom is -0.361 e. The predicted molar refractivity (Wildman–Crippen MR) is 104 cm³/mol. The van der Waals surface area contributed by atoms with E-state index in [1.165, 1.54) is 0 Å². The lowest BCUT2D eigenvalue weighted by atomic mass is 9.99. The van der Waals surface area contributed by atoms with Gasteiger partial charge < -0.3 is 14.2 Å². The number of likely N-dealkylation sites (tertiary alicyclic amines) is 1. The molecule has 1 aliphatic heterocycles. The van der Waals surface area contributed by atoms with Crippen LogP contribution < -0.4 is 4.90 Å². The smallest absolute Gasteiger partial charge is 0.274 e. The predicted octanol–water partition coefficient (Wildman–Crippen LogP) is 2.87. The van der Waals surface area contributed by atoms with Crippen molar-refractivity contribution in [1.29, 1.82) is 0 Å². The molecule has 1 aliphatic rings. The number of fused-ring (bicyclic) bond motifs is 1. The number of hydrogen-bond acceptors (Lipinski definition) is 5. The Morgan fingerprint density at radius 1 is 1.22 bits per heavy atom. The standard InChI is InChI=1S/C20H24N6O/c1-14-11-22-15(12-21-14)20(27)26-10-5-4-7-17(26)16-13-25-9-6-8-18(25)19(23-16)24(2)3/h6,8-9,11-13,17H,4-5,7,10H2,1-3H3/t17-/m0/s1. The van der Waals surface area contributed by atoms with Crippen molar-refractivity contribution >= 4 is 17.2 Å². The minimum absolute atomic E-state index is 0.0557. The number of piperidine rings is 1. The summed E-state index contributed by atoms with van der Waals surface area (Å²) < 4.78 is 2.08. The van der Waals surface area contributed by atoms with Crippen LogP contribution >= 0.6 is 0 Å². The van der Waals surface area contributed by atoms with Gasteiger partial charge in [-0.2, -0.15) is 0 Å². The van der Waals surface area contributed by atoms with Gasteiger partial charge in [-0.25, -0.2) is 9.97 Å². The number of aryl methyl sites for hydroxylation is 1. The van der Waals surface area contributed by atoms with Crippen LogP contribution in [0, 0.1) is 6.92 Å². The Hall–Kier alpha value is -2.96. The average Bonchev–Trinajstić information content (AvgIpc) is 3.15. The van der Waals surface area contributed by atoms with Crippen LogP contribution in [0.4, 0.5) is 5.82 Å². The second kappa shape index (κ2) is 6.98. The fourth-order valence-electron chi connectivity index (χ4n) is 3.67. The molecule has 7 nitrogen and oxygen atoms in total. The topological polar surface area (TPSA) is 66.6 Å². The molecule has 1 saturated heterocycles. The fourth-order valence-corrected chi connectivity index (χ4v) is 3.67. The van der Waals surface area contributed by atoms with E-state index in [1.807, 2.05) is 49.3 Å². The molecule has 1 amide bonds. The van der Waals surface area contributed by atoms with Gasteiger partial charge in [0.1, 0.15) is 5.69 Å². The van der Waals surface area contributed by atoms with E-state index in [4.69, 9.17) is 4.98 Å². The molecule has 4 heterocycles. The molecule has 4 rings (SSSR count). The summed E-state index contributed by atoms with van der Waals surface area (Å²) in [6.07, 6.45) is 10.2. The maximum atomic E-state index is 13.1. The summed E-state index contributed by atoms with van der Waals surface area (Å²) in [7, 11) is 3.98. The summed E-state index contributed by atoms with van der Waals surface area (Å²) in [4.78, 5) is 30.4. The number of amides is 1. The van der Waals surface area contributed by atoms with Gasteiger partial charge in [0, 0.05) is 39.2 Å². The number of aromatic nitrogens is 4. The third kappa shape index (κ3) is 3.25. The number of anilines is 1. The third-order valence-electron chi connectivity index (χ3n) is 5.04. The molecule has 7 heteroatoms. The van der Waals surface area contributed by atoms with Crippen LogP contribution in [-0.2, 0) is 0 Å². The quantitative estimate of drug-likeness (QED) is 0.715. The molecule has 0 N–H and O–H groups in total. The Kier molecular flexibility index (Phi) is 4.51. The van der Waals surface area contributed by atoms with Crippen LogP contribution in [0.5, 0.6) is 0 Å². The van der Waals surface area contributed by atoms with Gasteiger partial charge in [-0.15, -0.1) is 0 Å². The molecule has 27 heavy (non-hydrogen) atoms. The zero-order chi connectivity index (χ0) is 19.0. The van der Waals surface area contributed by atoms with Crippen LogP contribution in [0.2, 0.25) is 0 Å². The van der Waals surface area contributed by atoms with Crippen molar-refractivity contribution < 1.29 is 4.79 Å². The largest absolute Gasteiger partial charge is 0.361 e. The first-order valence-corrected chi connectivity index (χ1v) is 9.29. The molecule has 1 atom stereocenters. The molecule has 3 aromatic heterocycles. The van der Waals surface area contributed by atoms with Crippen LogP contribution in [0.1, 0.15) is 47.2 Å². The highest BCUT2D eigenvalue weighted by molar-refractivity contribution is 5.92. The maximum absolute atomic E-state index is 13.1. The van der Waals surface area contributed by atoms with Crippen molar-refractivity contribution in [3.8, 4) is 0 Å². The Labute approximate surface area is 158 Å². The molecule has 0 aromatic carbocycles. The van der Waals surface area contributed by atoms with Crippen LogP contribution in [0.15, 0.2) is 36.9 Å². The minimum atomic E-state index is -0.0759. The summed E-state index contributed by atoms with van der Waals surface area (Å²) in [6.45, 7) is 2.58. The molecule has 0 aliphatic carbocycles. The first kappa shape index (κ1) is 17.5. The van der Waals surface area contributed by atoms with Gasteiger partial charge in [-0.05, 0) is 38.3 Å². The second-order valence-electron chi connectivity index (χ2n) is 7.24. The van der Waals surface area contributed by atoms with Crippen molar-refractivity contribution in [3.63, 3.8) is 0 Å². The van der Waals surface area contributed by atoms with E-state index in [1.54, 1.807) is 12.4 Å². The first-order chi connectivity index (χ1) is 13.0. The highest BCUT2D eigenvalue weighted by Gasteiger charge is 2.31. The first-order valence-electron chi connectivity index (χ1n) is 9.29. The van der Waals surface area contributed by atoms with E-state index in [9.17, 15) is 4.79 Å². The molecule has 0 unspecified atom stereocenters. The van der Waals surface area contributed by atoms with Gasteiger partial charge in [0.05, 0.1) is 29.1 Å². The van der Waals surface area contributed by atoms with Crippen molar-refractivity contribution in [1.82, 2.24) is 24.3 Å². The number of carbonyl (C=O) groups excluding carboxylic acids is 1. The van der Waals surface area contributed by atoms with Crippen LogP contribution in [-0.4, -0.2) is 50.8 Å². The lowest BCUT2D eigenvalue weighted by molar-refractivity contribution is 0.0599. The molecular formula is C20H24N6O. The Balaban J connectivity index is 1.73. The van der Waals surface area contributed by atoms with E-state index >= 15 is 0 Å². The lowest BCUT2D eigenvalue weighted by Crippen LogP contribution is -2.39. The molecule has 0 bridgehead atoms. The van der Waals surface area contributed by atoms with E-state index in [0.29, 0.717) is 12.2 Å². The molecular weight excluding hydrogens is 340 g/mol. The van der Waals surface area contributed by atoms with Gasteiger partial charge in [0.15, 0.2) is 5.82 Å². The van der Waals surface area contributed by atoms with E-state index in [0.717, 1.165) is 42.0 Å². The Morgan fingerprint density at radius 3 is 2.81 bits per heavy atom. The fraction of sp³-hybridized carbons (Fsp3) is 0.400. The number of rotatable bonds is 3. The second-order valence-corrected chi connectivity index (χ2v) is 7.24. The van der Waals surface area contributed by atoms with E-state index in [-0.39, 0.29) is 11.9 Å². The lowest BCUT2D eigenvalue weighted by Gasteiger charge is -2.35. The van der Waals surface area contributed by atoms with Crippen LogP contribution in [0.25, 0.3) is 5.52 Å². The molecule has 0 radical (unpaired) electrons. The molecule has 1 fully saturated rings. The zero-order valence-corrected chi connectivity index (χ0v) is 16.0. The van der Waals surface area contributed by atoms with E-state index in [2.05, 4.69) is 20.4 Å². The van der Waals surface area contributed by atoms with Crippen molar-refractivity contribution in [3.05, 3.63) is 54.0 Å². The highest BCUT2D eigenvalue weighted by Crippen LogP contribution is 2.32. The molecule has 0 saturated carbocycles. The number of nitrogens with zero attached hydrogens (tertiary/aromatic N) is 6. The van der Waals surface area contributed by atoms with Gasteiger partial charge in [-0.3, -0.25) is 9.78 Å². The van der Waals surface area contributed by atoms with E-state index < -0.39 is 0 Å². The van der Waals surface area contributed by atoms with Gasteiger partial charge >= 0.3 is 0 Å². The summed E-state index contributed by atoms with van der Waals surface area (Å²) in [5, 5.41) is 0. The molecule has 140 valence electrons. The average molecular weight is 364 g/mol. The number of carbonyl (C=O) groups is 1. The summed E-state index contributed by atoms with van der Waals surface area (Å²) in [5.41, 5.74) is 3.16. The summed E-state index contributed by atoms with van der Waals surface area (Å²) in [6, 6.07) is 4.01. The number of hydrogen-bond donors (Lipinski definition) is 0. The Morgan fingerprint density at radius 2 is 2.07 bits per heavy atom. The van der Waals surface area contributed by atoms with Crippen LogP contribution in [0.3, 0.4) is 0 Å². The van der Waals surface area contributed by atoms with Gasteiger partial charge in [0.25, 0.3) is 5.91 Å². The Bertz CT molecular complexity index is 962. The van der Waals surface area contributed by atoms with Gasteiger partial charge in [-0.1, -0.05) is 0 Å². The normalized spacial score (nSPS) is 17.3. The molecule has 0 spiro atoms. The van der Waals surface area contributed by atoms with Crippen molar-refractivity contribution in [2.24, 2.45) is 0 Å². The third-order valence-corrected chi connectivity index (χ3v) is 5.04. The van der Waals surface area contributed by atoms with Gasteiger partial charge in [0.2, 0.25) is 0 Å². The monoisotopic (exact) mass is 364 g/mol. The maximum Gasteiger partial charge on any atom is 0.274 e. The molecule has 3 aromatic rings. The highest BCUT2D eigenvalue weighted by atomic mass is 16.2. The SMILES string of the molecule is Cc1cnc(C(=O)N2CCCC[C@H]2c2cn3cccc3c(N(C)C)n2)cn1. The zero-order valence-electron chi connectivity index (χ0n) is 16.0. The summed E-state index contributed by atoms with van der Waals surface area (Å²) >= 11 is 0. The van der Waals surface area contributed by atoms with Crippen molar-refractivity contribution in [2.45, 2.75) is 32.2 Å². The summed E-state index contributed by atoms with van der Waals surface area (Å²) in [5.74, 6) is 0.832.